The molecule has 0 unspecified atom stereocenters. The normalized spacial score (nSPS) is 22.8. The Morgan fingerprint density at radius 2 is 1.84 bits per heavy atom. The number of hydrogen-bond donors (Lipinski definition) is 0. The minimum atomic E-state index is -0.284. The third kappa shape index (κ3) is 5.92. The highest BCUT2D eigenvalue weighted by molar-refractivity contribution is 6.30. The minimum Gasteiger partial charge on any atom is -0.453 e. The lowest BCUT2D eigenvalue weighted by atomic mass is 9.94. The molecule has 7 nitrogen and oxygen atoms in total. The minimum absolute atomic E-state index is 0.0597. The number of piperidine rings is 1. The SMILES string of the molecule is C=CCOC(=O)N1CCC(N2C[C@H](C)N(C(=O)OC)C[C@@H]2Cc2ccc(Cl)cc2)CC1. The van der Waals surface area contributed by atoms with Gasteiger partial charge in [-0.1, -0.05) is 36.4 Å². The predicted molar refractivity (Wildman–Crippen MR) is 120 cm³/mol. The number of halogens is 1. The lowest BCUT2D eigenvalue weighted by Crippen LogP contribution is -2.63. The van der Waals surface area contributed by atoms with Crippen molar-refractivity contribution < 1.29 is 19.1 Å². The van der Waals surface area contributed by atoms with Crippen LogP contribution in [0, 0.1) is 0 Å². The molecule has 0 N–H and O–H groups in total. The first-order valence-corrected chi connectivity index (χ1v) is 11.2. The van der Waals surface area contributed by atoms with Crippen LogP contribution < -0.4 is 0 Å². The number of carbonyl (C=O) groups excluding carboxylic acids is 2. The molecule has 1 aromatic rings. The smallest absolute Gasteiger partial charge is 0.410 e. The molecule has 1 aromatic carbocycles. The molecule has 2 aliphatic heterocycles. The van der Waals surface area contributed by atoms with E-state index in [4.69, 9.17) is 21.1 Å². The maximum absolute atomic E-state index is 12.3. The van der Waals surface area contributed by atoms with Crippen molar-refractivity contribution in [1.82, 2.24) is 14.7 Å². The molecule has 0 bridgehead atoms. The van der Waals surface area contributed by atoms with Crippen LogP contribution in [0.3, 0.4) is 0 Å². The van der Waals surface area contributed by atoms with Crippen LogP contribution in [0.5, 0.6) is 0 Å². The van der Waals surface area contributed by atoms with E-state index in [9.17, 15) is 9.59 Å². The Labute approximate surface area is 189 Å². The number of rotatable bonds is 5. The van der Waals surface area contributed by atoms with E-state index in [2.05, 4.69) is 18.4 Å². The van der Waals surface area contributed by atoms with Crippen molar-refractivity contribution in [2.45, 2.75) is 44.3 Å². The van der Waals surface area contributed by atoms with Gasteiger partial charge in [-0.25, -0.2) is 9.59 Å². The van der Waals surface area contributed by atoms with Crippen molar-refractivity contribution >= 4 is 23.8 Å². The summed E-state index contributed by atoms with van der Waals surface area (Å²) < 4.78 is 10.2. The lowest BCUT2D eigenvalue weighted by Gasteiger charge is -2.49. The molecule has 0 aromatic heterocycles. The van der Waals surface area contributed by atoms with Gasteiger partial charge >= 0.3 is 12.2 Å². The van der Waals surface area contributed by atoms with Crippen LogP contribution in [-0.2, 0) is 15.9 Å². The summed E-state index contributed by atoms with van der Waals surface area (Å²) in [5, 5.41) is 0.713. The number of amides is 2. The van der Waals surface area contributed by atoms with Crippen molar-refractivity contribution in [1.29, 1.82) is 0 Å². The molecule has 0 aliphatic carbocycles. The fraction of sp³-hybridized carbons (Fsp3) is 0.565. The Morgan fingerprint density at radius 1 is 1.16 bits per heavy atom. The molecule has 2 aliphatic rings. The Bertz CT molecular complexity index is 765. The zero-order valence-electron chi connectivity index (χ0n) is 18.3. The molecule has 0 spiro atoms. The van der Waals surface area contributed by atoms with Gasteiger partial charge in [-0.3, -0.25) is 4.90 Å². The van der Waals surface area contributed by atoms with E-state index in [0.29, 0.717) is 30.7 Å². The Kier molecular flexibility index (Phi) is 8.21. The van der Waals surface area contributed by atoms with Crippen LogP contribution in [0.4, 0.5) is 9.59 Å². The first-order chi connectivity index (χ1) is 14.9. The summed E-state index contributed by atoms with van der Waals surface area (Å²) in [7, 11) is 1.43. The molecular weight excluding hydrogens is 418 g/mol. The third-order valence-corrected chi connectivity index (χ3v) is 6.45. The Balaban J connectivity index is 1.70. The summed E-state index contributed by atoms with van der Waals surface area (Å²) in [5.74, 6) is 0. The van der Waals surface area contributed by atoms with E-state index in [1.807, 2.05) is 29.2 Å². The topological polar surface area (TPSA) is 62.3 Å². The number of carbonyl (C=O) groups is 2. The quantitative estimate of drug-likeness (QED) is 0.639. The van der Waals surface area contributed by atoms with Crippen LogP contribution in [0.2, 0.25) is 5.02 Å². The summed E-state index contributed by atoms with van der Waals surface area (Å²) in [4.78, 5) is 30.6. The van der Waals surface area contributed by atoms with Crippen LogP contribution in [0.25, 0.3) is 0 Å². The molecule has 2 amide bonds. The van der Waals surface area contributed by atoms with Gasteiger partial charge in [0.05, 0.1) is 7.11 Å². The average molecular weight is 450 g/mol. The van der Waals surface area contributed by atoms with Gasteiger partial charge in [0.1, 0.15) is 6.61 Å². The second-order valence-corrected chi connectivity index (χ2v) is 8.67. The number of ether oxygens (including phenoxy) is 2. The van der Waals surface area contributed by atoms with E-state index in [-0.39, 0.29) is 30.9 Å². The molecule has 0 radical (unpaired) electrons. The molecule has 170 valence electrons. The van der Waals surface area contributed by atoms with E-state index in [0.717, 1.165) is 25.8 Å². The summed E-state index contributed by atoms with van der Waals surface area (Å²) in [5.41, 5.74) is 1.18. The molecule has 2 atom stereocenters. The van der Waals surface area contributed by atoms with Crippen molar-refractivity contribution in [3.8, 4) is 0 Å². The van der Waals surface area contributed by atoms with Crippen LogP contribution in [0.15, 0.2) is 36.9 Å². The van der Waals surface area contributed by atoms with Gasteiger partial charge in [-0.05, 0) is 43.9 Å². The predicted octanol–water partition coefficient (Wildman–Crippen LogP) is 3.81. The average Bonchev–Trinajstić information content (AvgIpc) is 2.79. The molecule has 3 rings (SSSR count). The highest BCUT2D eigenvalue weighted by Gasteiger charge is 2.39. The number of benzene rings is 1. The second kappa shape index (κ2) is 10.9. The zero-order valence-corrected chi connectivity index (χ0v) is 19.1. The molecule has 2 heterocycles. The lowest BCUT2D eigenvalue weighted by molar-refractivity contribution is -0.00818. The first-order valence-electron chi connectivity index (χ1n) is 10.8. The fourth-order valence-corrected chi connectivity index (χ4v) is 4.69. The first kappa shape index (κ1) is 23.4. The van der Waals surface area contributed by atoms with Crippen molar-refractivity contribution in [3.63, 3.8) is 0 Å². The maximum atomic E-state index is 12.3. The molecule has 8 heteroatoms. The molecule has 2 fully saturated rings. The highest BCUT2D eigenvalue weighted by atomic mass is 35.5. The van der Waals surface area contributed by atoms with E-state index < -0.39 is 0 Å². The van der Waals surface area contributed by atoms with Crippen molar-refractivity contribution in [2.75, 3.05) is 39.9 Å². The number of likely N-dealkylation sites (tertiary alicyclic amines) is 1. The van der Waals surface area contributed by atoms with Crippen LogP contribution in [0.1, 0.15) is 25.3 Å². The third-order valence-electron chi connectivity index (χ3n) is 6.19. The summed E-state index contributed by atoms with van der Waals surface area (Å²) >= 11 is 6.05. The zero-order chi connectivity index (χ0) is 22.4. The van der Waals surface area contributed by atoms with E-state index in [1.165, 1.54) is 12.7 Å². The van der Waals surface area contributed by atoms with E-state index in [1.54, 1.807) is 11.0 Å². The van der Waals surface area contributed by atoms with E-state index >= 15 is 0 Å². The van der Waals surface area contributed by atoms with Gasteiger partial charge in [-0.2, -0.15) is 0 Å². The van der Waals surface area contributed by atoms with Crippen molar-refractivity contribution in [3.05, 3.63) is 47.5 Å². The van der Waals surface area contributed by atoms with Gasteiger partial charge in [0.15, 0.2) is 0 Å². The highest BCUT2D eigenvalue weighted by Crippen LogP contribution is 2.27. The second-order valence-electron chi connectivity index (χ2n) is 8.24. The monoisotopic (exact) mass is 449 g/mol. The van der Waals surface area contributed by atoms with Gasteiger partial charge in [0.25, 0.3) is 0 Å². The van der Waals surface area contributed by atoms with Gasteiger partial charge in [-0.15, -0.1) is 0 Å². The number of methoxy groups -OCH3 is 1. The largest absolute Gasteiger partial charge is 0.453 e. The summed E-state index contributed by atoms with van der Waals surface area (Å²) in [6.07, 6.45) is 3.59. The number of hydrogen-bond acceptors (Lipinski definition) is 5. The van der Waals surface area contributed by atoms with Crippen LogP contribution >= 0.6 is 11.6 Å². The van der Waals surface area contributed by atoms with Gasteiger partial charge in [0, 0.05) is 49.3 Å². The Morgan fingerprint density at radius 3 is 2.45 bits per heavy atom. The fourth-order valence-electron chi connectivity index (χ4n) is 4.56. The number of piperazine rings is 1. The molecule has 31 heavy (non-hydrogen) atoms. The van der Waals surface area contributed by atoms with Crippen molar-refractivity contribution in [2.24, 2.45) is 0 Å². The van der Waals surface area contributed by atoms with Gasteiger partial charge < -0.3 is 19.3 Å². The Hall–Kier alpha value is -2.25. The summed E-state index contributed by atoms with van der Waals surface area (Å²) in [6.45, 7) is 8.59. The maximum Gasteiger partial charge on any atom is 0.410 e. The molecule has 0 saturated carbocycles. The number of nitrogens with zero attached hydrogens (tertiary/aromatic N) is 3. The van der Waals surface area contributed by atoms with Crippen LogP contribution in [-0.4, -0.2) is 84.9 Å². The molecule has 2 saturated heterocycles. The molecular formula is C23H32ClN3O4. The standard InChI is InChI=1S/C23H32ClN3O4/c1-4-13-31-22(28)25-11-9-20(10-12-25)27-15-17(2)26(23(29)30-3)16-21(27)14-18-5-7-19(24)8-6-18/h4-8,17,20-21H,1,9-16H2,2-3H3/t17-,21-/m0/s1. The summed E-state index contributed by atoms with van der Waals surface area (Å²) in [6, 6.07) is 8.46. The van der Waals surface area contributed by atoms with Gasteiger partial charge in [0.2, 0.25) is 0 Å².